The lowest BCUT2D eigenvalue weighted by molar-refractivity contribution is -0.137. The van der Waals surface area contributed by atoms with Crippen molar-refractivity contribution < 1.29 is 9.59 Å². The minimum absolute atomic E-state index is 0.0496. The Bertz CT molecular complexity index is 798. The van der Waals surface area contributed by atoms with Crippen molar-refractivity contribution in [2.24, 2.45) is 0 Å². The van der Waals surface area contributed by atoms with Crippen molar-refractivity contribution in [2.75, 3.05) is 6.54 Å². The number of amides is 2. The van der Waals surface area contributed by atoms with E-state index in [0.717, 1.165) is 24.8 Å². The first-order valence-corrected chi connectivity index (χ1v) is 10.2. The predicted molar refractivity (Wildman–Crippen MR) is 103 cm³/mol. The van der Waals surface area contributed by atoms with E-state index in [1.54, 1.807) is 18.3 Å². The minimum Gasteiger partial charge on any atom is -0.335 e. The number of thiophene rings is 1. The summed E-state index contributed by atoms with van der Waals surface area (Å²) < 4.78 is 0. The van der Waals surface area contributed by atoms with E-state index in [-0.39, 0.29) is 17.9 Å². The zero-order valence-corrected chi connectivity index (χ0v) is 15.9. The van der Waals surface area contributed by atoms with E-state index in [1.807, 2.05) is 28.0 Å². The number of hydrogen-bond acceptors (Lipinski definition) is 3. The molecule has 0 spiro atoms. The molecule has 0 radical (unpaired) electrons. The summed E-state index contributed by atoms with van der Waals surface area (Å²) in [6.07, 6.45) is 3.42. The van der Waals surface area contributed by atoms with Gasteiger partial charge in [-0.3, -0.25) is 9.59 Å². The molecule has 1 aliphatic heterocycles. The average molecular weight is 369 g/mol. The van der Waals surface area contributed by atoms with E-state index in [1.165, 1.54) is 10.4 Å². The number of fused-ring (bicyclic) bond motifs is 1. The van der Waals surface area contributed by atoms with Crippen molar-refractivity contribution in [2.45, 2.75) is 51.2 Å². The van der Waals surface area contributed by atoms with Gasteiger partial charge in [-0.15, -0.1) is 11.3 Å². The van der Waals surface area contributed by atoms with E-state index in [9.17, 15) is 9.59 Å². The molecule has 136 valence electrons. The second kappa shape index (κ2) is 7.23. The van der Waals surface area contributed by atoms with Gasteiger partial charge in [0.2, 0.25) is 11.8 Å². The Balaban J connectivity index is 1.56. The van der Waals surface area contributed by atoms with Crippen LogP contribution < -0.4 is 0 Å². The maximum absolute atomic E-state index is 13.2. The molecule has 2 heterocycles. The molecule has 2 aliphatic rings. The summed E-state index contributed by atoms with van der Waals surface area (Å²) in [6.45, 7) is 2.99. The molecular formula is C21H24N2O2S. The summed E-state index contributed by atoms with van der Waals surface area (Å²) in [7, 11) is 0. The van der Waals surface area contributed by atoms with Crippen LogP contribution in [0.25, 0.3) is 0 Å². The molecule has 0 N–H and O–H groups in total. The minimum atomic E-state index is -0.144. The number of hydrogen-bond donors (Lipinski definition) is 0. The average Bonchev–Trinajstić information content (AvgIpc) is 3.35. The molecule has 1 atom stereocenters. The lowest BCUT2D eigenvalue weighted by atomic mass is 9.90. The summed E-state index contributed by atoms with van der Waals surface area (Å²) in [5.41, 5.74) is 2.40. The molecule has 4 rings (SSSR count). The fraction of sp³-hybridized carbons (Fsp3) is 0.429. The molecule has 26 heavy (non-hydrogen) atoms. The molecule has 1 unspecified atom stereocenters. The third kappa shape index (κ3) is 3.54. The smallest absolute Gasteiger partial charge is 0.225 e. The van der Waals surface area contributed by atoms with E-state index in [0.29, 0.717) is 25.6 Å². The fourth-order valence-electron chi connectivity index (χ4n) is 3.91. The van der Waals surface area contributed by atoms with Crippen LogP contribution in [0, 0.1) is 0 Å². The second-order valence-corrected chi connectivity index (χ2v) is 8.25. The monoisotopic (exact) mass is 368 g/mol. The molecule has 0 saturated heterocycles. The summed E-state index contributed by atoms with van der Waals surface area (Å²) in [5.74, 6) is 0.211. The van der Waals surface area contributed by atoms with Crippen LogP contribution in [0.1, 0.15) is 48.2 Å². The molecular weight excluding hydrogens is 344 g/mol. The first-order chi connectivity index (χ1) is 12.6. The highest BCUT2D eigenvalue weighted by Crippen LogP contribution is 2.35. The molecule has 1 fully saturated rings. The predicted octanol–water partition coefficient (Wildman–Crippen LogP) is 3.78. The first-order valence-electron chi connectivity index (χ1n) is 9.30. The lowest BCUT2D eigenvalue weighted by Gasteiger charge is -2.37. The first kappa shape index (κ1) is 17.3. The van der Waals surface area contributed by atoms with Crippen LogP contribution in [0.2, 0.25) is 0 Å². The van der Waals surface area contributed by atoms with Gasteiger partial charge in [-0.1, -0.05) is 30.3 Å². The van der Waals surface area contributed by atoms with E-state index in [2.05, 4.69) is 23.6 Å². The van der Waals surface area contributed by atoms with Crippen LogP contribution >= 0.6 is 11.3 Å². The number of carbonyl (C=O) groups excluding carboxylic acids is 2. The van der Waals surface area contributed by atoms with Gasteiger partial charge in [0, 0.05) is 24.4 Å². The van der Waals surface area contributed by atoms with Gasteiger partial charge in [-0.05, 0) is 41.8 Å². The largest absolute Gasteiger partial charge is 0.335 e. The third-order valence-electron chi connectivity index (χ3n) is 5.40. The zero-order valence-electron chi connectivity index (χ0n) is 15.1. The van der Waals surface area contributed by atoms with Gasteiger partial charge in [0.15, 0.2) is 0 Å². The Morgan fingerprint density at radius 3 is 2.69 bits per heavy atom. The number of nitrogens with zero attached hydrogens (tertiary/aromatic N) is 2. The molecule has 2 amide bonds. The number of carbonyl (C=O) groups is 2. The van der Waals surface area contributed by atoms with Crippen LogP contribution in [-0.2, 0) is 22.6 Å². The maximum atomic E-state index is 13.2. The normalized spacial score (nSPS) is 19.1. The van der Waals surface area contributed by atoms with Crippen LogP contribution in [0.3, 0.4) is 0 Å². The summed E-state index contributed by atoms with van der Waals surface area (Å²) >= 11 is 1.70. The number of rotatable bonds is 5. The Hall–Kier alpha value is -2.14. The Morgan fingerprint density at radius 2 is 2.00 bits per heavy atom. The maximum Gasteiger partial charge on any atom is 0.225 e. The van der Waals surface area contributed by atoms with Crippen molar-refractivity contribution in [3.63, 3.8) is 0 Å². The summed E-state index contributed by atoms with van der Waals surface area (Å²) in [4.78, 5) is 30.5. The van der Waals surface area contributed by atoms with Gasteiger partial charge < -0.3 is 9.80 Å². The standard InChI is InChI=1S/C21H24N2O2S/c1-15(24)22-11-10-16-5-2-3-7-19(16)20(22)13-21(25)23(17-8-9-17)14-18-6-4-12-26-18/h2-7,12,17,20H,8-11,13-14H2,1H3. The van der Waals surface area contributed by atoms with E-state index in [4.69, 9.17) is 0 Å². The van der Waals surface area contributed by atoms with Gasteiger partial charge in [0.1, 0.15) is 0 Å². The van der Waals surface area contributed by atoms with Gasteiger partial charge in [0.05, 0.1) is 19.0 Å². The third-order valence-corrected chi connectivity index (χ3v) is 6.26. The van der Waals surface area contributed by atoms with Crippen LogP contribution in [0.15, 0.2) is 41.8 Å². The van der Waals surface area contributed by atoms with Crippen molar-refractivity contribution in [3.05, 3.63) is 57.8 Å². The van der Waals surface area contributed by atoms with Crippen LogP contribution in [0.4, 0.5) is 0 Å². The topological polar surface area (TPSA) is 40.6 Å². The molecule has 1 saturated carbocycles. The quantitative estimate of drug-likeness (QED) is 0.806. The summed E-state index contributed by atoms with van der Waals surface area (Å²) in [5, 5.41) is 2.06. The zero-order chi connectivity index (χ0) is 18.1. The fourth-order valence-corrected chi connectivity index (χ4v) is 4.61. The highest BCUT2D eigenvalue weighted by atomic mass is 32.1. The molecule has 5 heteroatoms. The van der Waals surface area contributed by atoms with Gasteiger partial charge in [-0.25, -0.2) is 0 Å². The SMILES string of the molecule is CC(=O)N1CCc2ccccc2C1CC(=O)N(Cc1cccs1)C1CC1. The Kier molecular flexibility index (Phi) is 4.81. The molecule has 1 aromatic carbocycles. The number of benzene rings is 1. The Labute approximate surface area is 158 Å². The van der Waals surface area contributed by atoms with Crippen LogP contribution in [0.5, 0.6) is 0 Å². The van der Waals surface area contributed by atoms with Crippen molar-refractivity contribution in [1.29, 1.82) is 0 Å². The molecule has 1 aliphatic carbocycles. The molecule has 4 nitrogen and oxygen atoms in total. The van der Waals surface area contributed by atoms with E-state index >= 15 is 0 Å². The summed E-state index contributed by atoms with van der Waals surface area (Å²) in [6, 6.07) is 12.6. The molecule has 1 aromatic heterocycles. The highest BCUT2D eigenvalue weighted by Gasteiger charge is 2.36. The Morgan fingerprint density at radius 1 is 1.19 bits per heavy atom. The van der Waals surface area contributed by atoms with E-state index < -0.39 is 0 Å². The molecule has 2 aromatic rings. The lowest BCUT2D eigenvalue weighted by Crippen LogP contribution is -2.42. The van der Waals surface area contributed by atoms with Crippen LogP contribution in [-0.4, -0.2) is 34.2 Å². The van der Waals surface area contributed by atoms with Crippen molar-refractivity contribution >= 4 is 23.2 Å². The van der Waals surface area contributed by atoms with Gasteiger partial charge >= 0.3 is 0 Å². The van der Waals surface area contributed by atoms with Crippen molar-refractivity contribution in [3.8, 4) is 0 Å². The molecule has 0 bridgehead atoms. The van der Waals surface area contributed by atoms with Gasteiger partial charge in [-0.2, -0.15) is 0 Å². The second-order valence-electron chi connectivity index (χ2n) is 7.21. The van der Waals surface area contributed by atoms with Gasteiger partial charge in [0.25, 0.3) is 0 Å². The van der Waals surface area contributed by atoms with Crippen molar-refractivity contribution in [1.82, 2.24) is 9.80 Å². The highest BCUT2D eigenvalue weighted by molar-refractivity contribution is 7.09.